The second-order valence-electron chi connectivity index (χ2n) is 6.52. The van der Waals surface area contributed by atoms with Gasteiger partial charge in [-0.3, -0.25) is 9.59 Å². The zero-order valence-electron chi connectivity index (χ0n) is 15.2. The molecule has 0 spiro atoms. The predicted octanol–water partition coefficient (Wildman–Crippen LogP) is 4.49. The van der Waals surface area contributed by atoms with Gasteiger partial charge in [0.2, 0.25) is 11.4 Å². The fourth-order valence-electron chi connectivity index (χ4n) is 3.19. The van der Waals surface area contributed by atoms with Crippen molar-refractivity contribution in [1.29, 1.82) is 0 Å². The first-order chi connectivity index (χ1) is 14.0. The number of halogens is 2. The van der Waals surface area contributed by atoms with Crippen LogP contribution < -0.4 is 5.43 Å². The van der Waals surface area contributed by atoms with Gasteiger partial charge in [0.25, 0.3) is 0 Å². The first-order valence-corrected chi connectivity index (χ1v) is 9.28. The molecule has 0 bridgehead atoms. The van der Waals surface area contributed by atoms with Crippen molar-refractivity contribution in [1.82, 2.24) is 9.55 Å². The Hall–Kier alpha value is -3.38. The number of para-hydroxylation sites is 1. The average molecular weight is 408 g/mol. The van der Waals surface area contributed by atoms with Gasteiger partial charge in [0.1, 0.15) is 5.15 Å². The number of fused-ring (bicyclic) bond motifs is 1. The third kappa shape index (κ3) is 3.93. The second kappa shape index (κ2) is 7.93. The molecule has 1 aliphatic rings. The molecule has 1 aliphatic heterocycles. The van der Waals surface area contributed by atoms with E-state index in [1.165, 1.54) is 30.6 Å². The van der Waals surface area contributed by atoms with Crippen LogP contribution >= 0.6 is 11.6 Å². The van der Waals surface area contributed by atoms with E-state index in [9.17, 15) is 14.0 Å². The Morgan fingerprint density at radius 1 is 1.21 bits per heavy atom. The summed E-state index contributed by atoms with van der Waals surface area (Å²) in [6, 6.07) is 10.0. The zero-order chi connectivity index (χ0) is 20.4. The van der Waals surface area contributed by atoms with Crippen LogP contribution in [0.5, 0.6) is 0 Å². The number of carbonyl (C=O) groups is 1. The summed E-state index contributed by atoms with van der Waals surface area (Å²) in [4.78, 5) is 33.8. The predicted molar refractivity (Wildman–Crippen MR) is 111 cm³/mol. The number of allylic oxidation sites excluding steroid dienone is 3. The van der Waals surface area contributed by atoms with E-state index in [0.29, 0.717) is 23.0 Å². The maximum atomic E-state index is 13.7. The van der Waals surface area contributed by atoms with Crippen molar-refractivity contribution in [2.24, 2.45) is 4.99 Å². The Kier molecular flexibility index (Phi) is 5.18. The van der Waals surface area contributed by atoms with E-state index in [1.54, 1.807) is 34.9 Å². The van der Waals surface area contributed by atoms with Crippen LogP contribution in [0.2, 0.25) is 5.15 Å². The molecule has 1 aromatic carbocycles. The molecule has 0 saturated heterocycles. The second-order valence-corrected chi connectivity index (χ2v) is 6.90. The summed E-state index contributed by atoms with van der Waals surface area (Å²) in [6.45, 7) is 0.242. The van der Waals surface area contributed by atoms with E-state index in [-0.39, 0.29) is 28.3 Å². The maximum absolute atomic E-state index is 13.7. The first kappa shape index (κ1) is 19.0. The van der Waals surface area contributed by atoms with E-state index in [0.717, 1.165) is 0 Å². The summed E-state index contributed by atoms with van der Waals surface area (Å²) in [7, 11) is 0. The monoisotopic (exact) mass is 407 g/mol. The van der Waals surface area contributed by atoms with Gasteiger partial charge < -0.3 is 4.57 Å². The summed E-state index contributed by atoms with van der Waals surface area (Å²) in [5.41, 5.74) is 1.12. The Balaban J connectivity index is 1.84. The lowest BCUT2D eigenvalue weighted by Crippen LogP contribution is -2.21. The molecule has 2 aromatic heterocycles. The molecule has 144 valence electrons. The molecule has 0 unspecified atom stereocenters. The lowest BCUT2D eigenvalue weighted by Gasteiger charge is -2.14. The highest BCUT2D eigenvalue weighted by Gasteiger charge is 2.18. The minimum atomic E-state index is -0.581. The van der Waals surface area contributed by atoms with Crippen molar-refractivity contribution >= 4 is 34.0 Å². The maximum Gasteiger partial charge on any atom is 0.212 e. The minimum absolute atomic E-state index is 0.00796. The van der Waals surface area contributed by atoms with Gasteiger partial charge in [-0.25, -0.2) is 9.98 Å². The third-order valence-electron chi connectivity index (χ3n) is 4.56. The fraction of sp³-hybridized carbons (Fsp3) is 0.0909. The lowest BCUT2D eigenvalue weighted by molar-refractivity contribution is 0.103. The summed E-state index contributed by atoms with van der Waals surface area (Å²) in [5.74, 6) is -1.03. The number of aromatic nitrogens is 2. The van der Waals surface area contributed by atoms with Crippen LogP contribution in [0.1, 0.15) is 22.3 Å². The molecule has 0 atom stereocenters. The van der Waals surface area contributed by atoms with Crippen LogP contribution in [-0.4, -0.2) is 21.0 Å². The average Bonchev–Trinajstić information content (AvgIpc) is 2.94. The van der Waals surface area contributed by atoms with Gasteiger partial charge in [-0.15, -0.1) is 0 Å². The first-order valence-electron chi connectivity index (χ1n) is 8.90. The van der Waals surface area contributed by atoms with Gasteiger partial charge in [0.15, 0.2) is 5.78 Å². The molecule has 3 heterocycles. The van der Waals surface area contributed by atoms with Crippen molar-refractivity contribution < 1.29 is 9.18 Å². The van der Waals surface area contributed by atoms with Gasteiger partial charge >= 0.3 is 0 Å². The smallest absolute Gasteiger partial charge is 0.212 e. The number of aliphatic imine (C=N–C) groups is 1. The number of carbonyl (C=O) groups excluding carboxylic acids is 1. The number of nitrogens with zero attached hydrogens (tertiary/aromatic N) is 3. The van der Waals surface area contributed by atoms with E-state index < -0.39 is 11.7 Å². The Labute approximate surface area is 170 Å². The van der Waals surface area contributed by atoms with E-state index in [4.69, 9.17) is 11.6 Å². The van der Waals surface area contributed by atoms with Crippen molar-refractivity contribution in [3.63, 3.8) is 0 Å². The van der Waals surface area contributed by atoms with E-state index >= 15 is 0 Å². The summed E-state index contributed by atoms with van der Waals surface area (Å²) in [6.07, 6.45) is 8.01. The Bertz CT molecular complexity index is 1260. The van der Waals surface area contributed by atoms with Crippen molar-refractivity contribution in [2.45, 2.75) is 13.0 Å². The number of benzene rings is 1. The van der Waals surface area contributed by atoms with Gasteiger partial charge in [0, 0.05) is 35.5 Å². The van der Waals surface area contributed by atoms with Gasteiger partial charge in [-0.05, 0) is 30.3 Å². The van der Waals surface area contributed by atoms with Crippen LogP contribution in [0.25, 0.3) is 10.9 Å². The Morgan fingerprint density at radius 2 is 2.03 bits per heavy atom. The number of hydrogen-bond donors (Lipinski definition) is 0. The third-order valence-corrected chi connectivity index (χ3v) is 4.79. The fourth-order valence-corrected chi connectivity index (χ4v) is 3.30. The molecule has 0 radical (unpaired) electrons. The number of hydrogen-bond acceptors (Lipinski definition) is 4. The molecule has 4 rings (SSSR count). The molecule has 0 fully saturated rings. The van der Waals surface area contributed by atoms with Crippen molar-refractivity contribution in [2.75, 3.05) is 0 Å². The topological polar surface area (TPSA) is 64.3 Å². The molecule has 0 N–H and O–H groups in total. The van der Waals surface area contributed by atoms with Crippen LogP contribution in [0.15, 0.2) is 82.8 Å². The van der Waals surface area contributed by atoms with Crippen molar-refractivity contribution in [3.05, 3.63) is 99.5 Å². The number of pyridine rings is 2. The molecular formula is C22H15ClFN3O2. The molecule has 29 heavy (non-hydrogen) atoms. The molecular weight excluding hydrogens is 393 g/mol. The number of rotatable bonds is 4. The van der Waals surface area contributed by atoms with Crippen LogP contribution in [0, 0.1) is 0 Å². The number of ketones is 1. The van der Waals surface area contributed by atoms with Gasteiger partial charge in [-0.1, -0.05) is 35.9 Å². The summed E-state index contributed by atoms with van der Waals surface area (Å²) in [5, 5.41) is 0.660. The summed E-state index contributed by atoms with van der Waals surface area (Å²) < 4.78 is 15.5. The zero-order valence-corrected chi connectivity index (χ0v) is 15.9. The lowest BCUT2D eigenvalue weighted by atomic mass is 10.0. The van der Waals surface area contributed by atoms with E-state index in [1.807, 2.05) is 6.08 Å². The van der Waals surface area contributed by atoms with Crippen LogP contribution in [0.4, 0.5) is 4.39 Å². The Morgan fingerprint density at radius 3 is 2.83 bits per heavy atom. The standard InChI is InChI=1S/C22H15ClFN3O2/c23-19-10-9-14(11-25-19)21(28)17-13-27(12-15-5-1-4-8-20(24)26-15)18-7-3-2-6-16(18)22(17)29/h1-4,6-11,13H,5,12H2. The molecule has 7 heteroatoms. The summed E-state index contributed by atoms with van der Waals surface area (Å²) >= 11 is 5.79. The highest BCUT2D eigenvalue weighted by molar-refractivity contribution is 6.29. The molecule has 5 nitrogen and oxygen atoms in total. The molecule has 0 aliphatic carbocycles. The highest BCUT2D eigenvalue weighted by atomic mass is 35.5. The quantitative estimate of drug-likeness (QED) is 0.363. The largest absolute Gasteiger partial charge is 0.341 e. The minimum Gasteiger partial charge on any atom is -0.341 e. The van der Waals surface area contributed by atoms with Gasteiger partial charge in [0.05, 0.1) is 17.6 Å². The molecule has 3 aromatic rings. The van der Waals surface area contributed by atoms with Crippen LogP contribution in [-0.2, 0) is 6.54 Å². The van der Waals surface area contributed by atoms with E-state index in [2.05, 4.69) is 9.98 Å². The normalized spacial score (nSPS) is 13.7. The van der Waals surface area contributed by atoms with Gasteiger partial charge in [-0.2, -0.15) is 4.39 Å². The van der Waals surface area contributed by atoms with Crippen LogP contribution in [0.3, 0.4) is 0 Å². The SMILES string of the molecule is O=C(c1ccc(Cl)nc1)c1cn(CC2=NC(F)=CC=CC2)c2ccccc2c1=O. The molecule has 0 saturated carbocycles. The molecule has 0 amide bonds. The highest BCUT2D eigenvalue weighted by Crippen LogP contribution is 2.17. The van der Waals surface area contributed by atoms with Crippen molar-refractivity contribution in [3.8, 4) is 0 Å².